The number of hydrogen-bond acceptors (Lipinski definition) is 8. The van der Waals surface area contributed by atoms with E-state index in [9.17, 15) is 14.4 Å². The number of amides is 2. The molecule has 0 radical (unpaired) electrons. The lowest BCUT2D eigenvalue weighted by atomic mass is 9.95. The largest absolute Gasteiger partial charge is 0.497 e. The third-order valence-electron chi connectivity index (χ3n) is 5.56. The summed E-state index contributed by atoms with van der Waals surface area (Å²) in [5, 5.41) is 9.30. The number of urea groups is 1. The maximum atomic E-state index is 13.1. The van der Waals surface area contributed by atoms with Gasteiger partial charge >= 0.3 is 18.0 Å². The number of nitrogens with zero attached hydrogens (tertiary/aromatic N) is 1. The van der Waals surface area contributed by atoms with Gasteiger partial charge in [-0.3, -0.25) is 0 Å². The molecule has 1 atom stereocenters. The number of ether oxygens (including phenoxy) is 3. The predicted octanol–water partition coefficient (Wildman–Crippen LogP) is 3.69. The summed E-state index contributed by atoms with van der Waals surface area (Å²) >= 11 is 0. The van der Waals surface area contributed by atoms with Gasteiger partial charge in [-0.25, -0.2) is 14.4 Å². The highest BCUT2D eigenvalue weighted by molar-refractivity contribution is 5.98. The Morgan fingerprint density at radius 3 is 2.42 bits per heavy atom. The highest BCUT2D eigenvalue weighted by atomic mass is 16.5. The maximum absolute atomic E-state index is 13.1. The number of carbonyl (C=O) groups excluding carboxylic acids is 3. The molecule has 36 heavy (non-hydrogen) atoms. The first-order valence-electron chi connectivity index (χ1n) is 11.2. The van der Waals surface area contributed by atoms with Gasteiger partial charge in [-0.05, 0) is 31.5 Å². The highest BCUT2D eigenvalue weighted by Crippen LogP contribution is 2.30. The van der Waals surface area contributed by atoms with E-state index < -0.39 is 24.0 Å². The van der Waals surface area contributed by atoms with E-state index in [1.54, 1.807) is 50.2 Å². The van der Waals surface area contributed by atoms with Gasteiger partial charge in [0.15, 0.2) is 0 Å². The number of methoxy groups -OCH3 is 1. The second kappa shape index (κ2) is 10.8. The van der Waals surface area contributed by atoms with Crippen molar-refractivity contribution < 1.29 is 33.1 Å². The Labute approximate surface area is 207 Å². The summed E-state index contributed by atoms with van der Waals surface area (Å²) in [6, 6.07) is 14.6. The smallest absolute Gasteiger partial charge is 0.344 e. The molecule has 0 saturated heterocycles. The lowest BCUT2D eigenvalue weighted by molar-refractivity contribution is -0.139. The summed E-state index contributed by atoms with van der Waals surface area (Å²) in [4.78, 5) is 38.5. The van der Waals surface area contributed by atoms with Gasteiger partial charge in [0.05, 0.1) is 31.0 Å². The van der Waals surface area contributed by atoms with E-state index in [0.29, 0.717) is 22.6 Å². The number of nitrogens with one attached hydrogen (secondary N) is 2. The average molecular weight is 492 g/mol. The number of esters is 2. The van der Waals surface area contributed by atoms with Crippen molar-refractivity contribution in [3.63, 3.8) is 0 Å². The van der Waals surface area contributed by atoms with Crippen molar-refractivity contribution >= 4 is 18.0 Å². The van der Waals surface area contributed by atoms with Crippen molar-refractivity contribution in [1.29, 1.82) is 0 Å². The van der Waals surface area contributed by atoms with E-state index in [0.717, 1.165) is 0 Å². The number of aromatic nitrogens is 1. The molecule has 2 amide bonds. The Hall–Kier alpha value is -4.60. The summed E-state index contributed by atoms with van der Waals surface area (Å²) in [6.45, 7) is 3.02. The minimum absolute atomic E-state index is 0.113. The van der Waals surface area contributed by atoms with Crippen LogP contribution in [0.1, 0.15) is 34.6 Å². The third-order valence-corrected chi connectivity index (χ3v) is 5.56. The van der Waals surface area contributed by atoms with Crippen molar-refractivity contribution in [2.45, 2.75) is 19.9 Å². The molecule has 0 fully saturated rings. The molecule has 4 rings (SSSR count). The molecule has 1 aromatic heterocycles. The lowest BCUT2D eigenvalue weighted by Crippen LogP contribution is -2.47. The quantitative estimate of drug-likeness (QED) is 0.457. The molecule has 0 unspecified atom stereocenters. The summed E-state index contributed by atoms with van der Waals surface area (Å²) in [7, 11) is 1.54. The zero-order valence-corrected chi connectivity index (χ0v) is 20.0. The minimum atomic E-state index is -0.824. The van der Waals surface area contributed by atoms with Crippen molar-refractivity contribution in [3.8, 4) is 17.0 Å². The molecule has 3 aromatic rings. The number of hydrogen-bond donors (Lipinski definition) is 2. The van der Waals surface area contributed by atoms with Crippen LogP contribution >= 0.6 is 0 Å². The molecule has 2 N–H and O–H groups in total. The van der Waals surface area contributed by atoms with E-state index >= 15 is 0 Å². The van der Waals surface area contributed by atoms with Gasteiger partial charge in [-0.1, -0.05) is 47.6 Å². The van der Waals surface area contributed by atoms with Crippen LogP contribution in [0.4, 0.5) is 4.79 Å². The van der Waals surface area contributed by atoms with Gasteiger partial charge in [-0.2, -0.15) is 0 Å². The third kappa shape index (κ3) is 5.07. The van der Waals surface area contributed by atoms with Gasteiger partial charge in [0.25, 0.3) is 0 Å². The van der Waals surface area contributed by atoms with Crippen molar-refractivity contribution in [3.05, 3.63) is 82.8 Å². The first-order chi connectivity index (χ1) is 17.4. The second-order valence-electron chi connectivity index (χ2n) is 7.82. The van der Waals surface area contributed by atoms with Crippen LogP contribution in [0.2, 0.25) is 0 Å². The normalized spacial score (nSPS) is 15.1. The van der Waals surface area contributed by atoms with E-state index in [1.165, 1.54) is 7.11 Å². The molecule has 0 bridgehead atoms. The second-order valence-corrected chi connectivity index (χ2v) is 7.82. The molecule has 0 saturated carbocycles. The Morgan fingerprint density at radius 1 is 1.03 bits per heavy atom. The SMILES string of the molecule is CCOC(=O)C1=C(COC(=O)c2c(-c3ccccc3)noc2C)NC(=O)N[C@@H]1c1ccc(OC)cc1. The molecule has 10 heteroatoms. The summed E-state index contributed by atoms with van der Waals surface area (Å²) < 4.78 is 21.2. The minimum Gasteiger partial charge on any atom is -0.497 e. The van der Waals surface area contributed by atoms with Gasteiger partial charge in [0.1, 0.15) is 29.4 Å². The number of benzene rings is 2. The van der Waals surface area contributed by atoms with Crippen LogP contribution in [0.3, 0.4) is 0 Å². The fourth-order valence-corrected chi connectivity index (χ4v) is 3.84. The first-order valence-corrected chi connectivity index (χ1v) is 11.2. The fourth-order valence-electron chi connectivity index (χ4n) is 3.84. The maximum Gasteiger partial charge on any atom is 0.344 e. The molecule has 2 heterocycles. The fraction of sp³-hybridized carbons (Fsp3) is 0.231. The Kier molecular flexibility index (Phi) is 7.33. The molecule has 2 aromatic carbocycles. The van der Waals surface area contributed by atoms with Crippen LogP contribution < -0.4 is 15.4 Å². The van der Waals surface area contributed by atoms with Crippen LogP contribution in [-0.4, -0.2) is 43.4 Å². The Morgan fingerprint density at radius 2 is 1.75 bits per heavy atom. The lowest BCUT2D eigenvalue weighted by Gasteiger charge is -2.29. The van der Waals surface area contributed by atoms with E-state index in [1.807, 2.05) is 18.2 Å². The molecule has 0 spiro atoms. The molecule has 1 aliphatic heterocycles. The summed E-state index contributed by atoms with van der Waals surface area (Å²) in [5.41, 5.74) is 2.04. The molecule has 0 aliphatic carbocycles. The van der Waals surface area contributed by atoms with E-state index in [4.69, 9.17) is 18.7 Å². The van der Waals surface area contributed by atoms with Crippen LogP contribution in [-0.2, 0) is 14.3 Å². The first kappa shape index (κ1) is 24.5. The zero-order chi connectivity index (χ0) is 25.7. The van der Waals surface area contributed by atoms with Crippen molar-refractivity contribution in [1.82, 2.24) is 15.8 Å². The average Bonchev–Trinajstić information content (AvgIpc) is 3.29. The number of aryl methyl sites for hydroxylation is 1. The highest BCUT2D eigenvalue weighted by Gasteiger charge is 2.34. The monoisotopic (exact) mass is 491 g/mol. The number of rotatable bonds is 8. The summed E-state index contributed by atoms with van der Waals surface area (Å²) in [6.07, 6.45) is 0. The molecule has 186 valence electrons. The molecular formula is C26H25N3O7. The Bertz CT molecular complexity index is 1300. The standard InChI is InChI=1S/C26H25N3O7/c1-4-34-25(31)21-19(27-26(32)28-22(21)17-10-12-18(33-3)13-11-17)14-35-24(30)20-15(2)36-29-23(20)16-8-6-5-7-9-16/h5-13,22H,4,14H2,1-3H3,(H2,27,28,32)/t22-/m1/s1. The number of carbonyl (C=O) groups is 3. The summed E-state index contributed by atoms with van der Waals surface area (Å²) in [5.74, 6) is -0.461. The zero-order valence-electron chi connectivity index (χ0n) is 20.0. The molecular weight excluding hydrogens is 466 g/mol. The molecule has 1 aliphatic rings. The topological polar surface area (TPSA) is 129 Å². The molecule has 10 nitrogen and oxygen atoms in total. The van der Waals surface area contributed by atoms with Crippen molar-refractivity contribution in [2.24, 2.45) is 0 Å². The van der Waals surface area contributed by atoms with Crippen LogP contribution in [0.15, 0.2) is 70.4 Å². The van der Waals surface area contributed by atoms with E-state index in [2.05, 4.69) is 15.8 Å². The van der Waals surface area contributed by atoms with E-state index in [-0.39, 0.29) is 35.8 Å². The predicted molar refractivity (Wildman–Crippen MR) is 128 cm³/mol. The Balaban J connectivity index is 1.65. The van der Waals surface area contributed by atoms with Gasteiger partial charge < -0.3 is 29.4 Å². The van der Waals surface area contributed by atoms with Gasteiger partial charge in [0.2, 0.25) is 0 Å². The van der Waals surface area contributed by atoms with Crippen LogP contribution in [0, 0.1) is 6.92 Å². The van der Waals surface area contributed by atoms with Crippen LogP contribution in [0.5, 0.6) is 5.75 Å². The van der Waals surface area contributed by atoms with Crippen molar-refractivity contribution in [2.75, 3.05) is 20.3 Å². The van der Waals surface area contributed by atoms with Crippen LogP contribution in [0.25, 0.3) is 11.3 Å². The van der Waals surface area contributed by atoms with Gasteiger partial charge in [-0.15, -0.1) is 0 Å². The van der Waals surface area contributed by atoms with Gasteiger partial charge in [0, 0.05) is 5.56 Å².